The third-order valence-electron chi connectivity index (χ3n) is 5.50. The van der Waals surface area contributed by atoms with Gasteiger partial charge in [-0.1, -0.05) is 37.8 Å². The molecule has 0 bridgehead atoms. The number of rotatable bonds is 5. The maximum Gasteiger partial charge on any atom is 0.321 e. The molecule has 2 saturated carbocycles. The molecule has 0 aromatic heterocycles. The van der Waals surface area contributed by atoms with Crippen molar-refractivity contribution in [2.45, 2.75) is 62.8 Å². The molecule has 0 spiro atoms. The lowest BCUT2D eigenvalue weighted by molar-refractivity contribution is -0.154. The highest BCUT2D eigenvalue weighted by atomic mass is 19.1. The van der Waals surface area contributed by atoms with Crippen molar-refractivity contribution in [3.63, 3.8) is 0 Å². The molecule has 2 fully saturated rings. The highest BCUT2D eigenvalue weighted by Crippen LogP contribution is 2.42. The first kappa shape index (κ1) is 19.3. The smallest absolute Gasteiger partial charge is 0.321 e. The van der Waals surface area contributed by atoms with Crippen LogP contribution in [0.15, 0.2) is 24.3 Å². The summed E-state index contributed by atoms with van der Waals surface area (Å²) in [5, 5.41) is 4.93. The van der Waals surface area contributed by atoms with Gasteiger partial charge in [-0.05, 0) is 43.4 Å². The SMILES string of the molecule is O=C(COC(=O)C1(c2cccc(F)c2)CCCC1)NC(=O)NC1CCCC1. The fourth-order valence-electron chi connectivity index (χ4n) is 4.10. The molecule has 0 unspecified atom stereocenters. The van der Waals surface area contributed by atoms with Crippen molar-refractivity contribution in [1.82, 2.24) is 10.6 Å². The van der Waals surface area contributed by atoms with Crippen molar-refractivity contribution in [3.8, 4) is 0 Å². The summed E-state index contributed by atoms with van der Waals surface area (Å²) in [5.41, 5.74) is -0.349. The first-order chi connectivity index (χ1) is 13.0. The molecule has 3 amide bonds. The van der Waals surface area contributed by atoms with E-state index in [1.54, 1.807) is 12.1 Å². The lowest BCUT2D eigenvalue weighted by atomic mass is 9.79. The highest BCUT2D eigenvalue weighted by molar-refractivity contribution is 5.96. The maximum absolute atomic E-state index is 13.6. The minimum atomic E-state index is -0.922. The van der Waals surface area contributed by atoms with Crippen LogP contribution in [0.4, 0.5) is 9.18 Å². The van der Waals surface area contributed by atoms with Crippen LogP contribution < -0.4 is 10.6 Å². The highest BCUT2D eigenvalue weighted by Gasteiger charge is 2.44. The second kappa shape index (κ2) is 8.50. The largest absolute Gasteiger partial charge is 0.455 e. The van der Waals surface area contributed by atoms with E-state index in [1.165, 1.54) is 12.1 Å². The van der Waals surface area contributed by atoms with Gasteiger partial charge in [0.25, 0.3) is 5.91 Å². The van der Waals surface area contributed by atoms with Gasteiger partial charge >= 0.3 is 12.0 Å². The fourth-order valence-corrected chi connectivity index (χ4v) is 4.10. The van der Waals surface area contributed by atoms with Crippen molar-refractivity contribution in [1.29, 1.82) is 0 Å². The van der Waals surface area contributed by atoms with E-state index in [0.717, 1.165) is 38.5 Å². The quantitative estimate of drug-likeness (QED) is 0.774. The lowest BCUT2D eigenvalue weighted by Gasteiger charge is -2.27. The van der Waals surface area contributed by atoms with Gasteiger partial charge in [0.05, 0.1) is 5.41 Å². The van der Waals surface area contributed by atoms with Gasteiger partial charge in [-0.2, -0.15) is 0 Å². The van der Waals surface area contributed by atoms with Crippen LogP contribution in [-0.4, -0.2) is 30.6 Å². The van der Waals surface area contributed by atoms with Gasteiger partial charge in [0.15, 0.2) is 6.61 Å². The number of hydrogen-bond donors (Lipinski definition) is 2. The van der Waals surface area contributed by atoms with Gasteiger partial charge in [-0.15, -0.1) is 0 Å². The molecular formula is C20H25FN2O4. The zero-order valence-electron chi connectivity index (χ0n) is 15.3. The predicted octanol–water partition coefficient (Wildman–Crippen LogP) is 2.95. The molecule has 0 radical (unpaired) electrons. The number of benzene rings is 1. The second-order valence-corrected chi connectivity index (χ2v) is 7.38. The van der Waals surface area contributed by atoms with Gasteiger partial charge in [-0.25, -0.2) is 9.18 Å². The third kappa shape index (κ3) is 4.64. The van der Waals surface area contributed by atoms with E-state index >= 15 is 0 Å². The molecule has 2 N–H and O–H groups in total. The standard InChI is InChI=1S/C20H25FN2O4/c21-15-7-5-6-14(12-15)20(10-3-4-11-20)18(25)27-13-17(24)23-19(26)22-16-8-1-2-9-16/h5-7,12,16H,1-4,8-11,13H2,(H2,22,23,24,26). The lowest BCUT2D eigenvalue weighted by Crippen LogP contribution is -2.45. The van der Waals surface area contributed by atoms with E-state index in [2.05, 4.69) is 10.6 Å². The van der Waals surface area contributed by atoms with Crippen LogP contribution in [0, 0.1) is 5.82 Å². The van der Waals surface area contributed by atoms with Crippen LogP contribution in [0.5, 0.6) is 0 Å². The number of amides is 3. The van der Waals surface area contributed by atoms with Gasteiger partial charge < -0.3 is 10.1 Å². The Labute approximate surface area is 157 Å². The summed E-state index contributed by atoms with van der Waals surface area (Å²) in [4.78, 5) is 36.5. The summed E-state index contributed by atoms with van der Waals surface area (Å²) in [5.74, 6) is -1.63. The molecule has 1 aromatic rings. The summed E-state index contributed by atoms with van der Waals surface area (Å²) >= 11 is 0. The summed E-state index contributed by atoms with van der Waals surface area (Å²) in [6, 6.07) is 5.48. The fraction of sp³-hybridized carbons (Fsp3) is 0.550. The first-order valence-corrected chi connectivity index (χ1v) is 9.53. The zero-order valence-corrected chi connectivity index (χ0v) is 15.3. The maximum atomic E-state index is 13.6. The Morgan fingerprint density at radius 2 is 1.81 bits per heavy atom. The van der Waals surface area contributed by atoms with Gasteiger partial charge in [-0.3, -0.25) is 14.9 Å². The predicted molar refractivity (Wildman–Crippen MR) is 96.4 cm³/mol. The van der Waals surface area contributed by atoms with Gasteiger partial charge in [0.1, 0.15) is 5.82 Å². The number of ether oxygens (including phenoxy) is 1. The first-order valence-electron chi connectivity index (χ1n) is 9.53. The summed E-state index contributed by atoms with van der Waals surface area (Å²) in [7, 11) is 0. The molecule has 146 valence electrons. The number of hydrogen-bond acceptors (Lipinski definition) is 4. The number of carbonyl (C=O) groups is 3. The second-order valence-electron chi connectivity index (χ2n) is 7.38. The number of esters is 1. The average Bonchev–Trinajstić information content (AvgIpc) is 3.32. The molecule has 2 aliphatic rings. The van der Waals surface area contributed by atoms with Crippen molar-refractivity contribution >= 4 is 17.9 Å². The molecule has 6 nitrogen and oxygen atoms in total. The monoisotopic (exact) mass is 376 g/mol. The van der Waals surface area contributed by atoms with E-state index in [-0.39, 0.29) is 6.04 Å². The molecule has 27 heavy (non-hydrogen) atoms. The Hall–Kier alpha value is -2.44. The summed E-state index contributed by atoms with van der Waals surface area (Å²) in [6.45, 7) is -0.534. The topological polar surface area (TPSA) is 84.5 Å². The molecular weight excluding hydrogens is 351 g/mol. The number of halogens is 1. The Kier molecular flexibility index (Phi) is 6.08. The van der Waals surface area contributed by atoms with Crippen molar-refractivity contribution in [2.24, 2.45) is 0 Å². The van der Waals surface area contributed by atoms with Crippen LogP contribution >= 0.6 is 0 Å². The van der Waals surface area contributed by atoms with Crippen molar-refractivity contribution in [2.75, 3.05) is 6.61 Å². The zero-order chi connectivity index (χ0) is 19.3. The number of imide groups is 1. The molecule has 0 heterocycles. The summed E-state index contributed by atoms with van der Waals surface area (Å²) in [6.07, 6.45) is 6.73. The summed E-state index contributed by atoms with van der Waals surface area (Å²) < 4.78 is 18.8. The third-order valence-corrected chi connectivity index (χ3v) is 5.50. The van der Waals surface area contributed by atoms with Crippen LogP contribution in [0.3, 0.4) is 0 Å². The van der Waals surface area contributed by atoms with Gasteiger partial charge in [0.2, 0.25) is 0 Å². The van der Waals surface area contributed by atoms with Crippen LogP contribution in [0.2, 0.25) is 0 Å². The van der Waals surface area contributed by atoms with E-state index in [1.807, 2.05) is 0 Å². The van der Waals surface area contributed by atoms with E-state index in [4.69, 9.17) is 4.74 Å². The van der Waals surface area contributed by atoms with Crippen molar-refractivity contribution in [3.05, 3.63) is 35.6 Å². The minimum absolute atomic E-state index is 0.0927. The molecule has 3 rings (SSSR count). The van der Waals surface area contributed by atoms with E-state index in [0.29, 0.717) is 18.4 Å². The molecule has 0 atom stereocenters. The normalized spacial score (nSPS) is 18.9. The Morgan fingerprint density at radius 1 is 1.11 bits per heavy atom. The van der Waals surface area contributed by atoms with Crippen LogP contribution in [-0.2, 0) is 19.7 Å². The molecule has 7 heteroatoms. The van der Waals surface area contributed by atoms with E-state index < -0.39 is 35.7 Å². The van der Waals surface area contributed by atoms with Gasteiger partial charge in [0, 0.05) is 6.04 Å². The number of urea groups is 1. The molecule has 2 aliphatic carbocycles. The number of carbonyl (C=O) groups excluding carboxylic acids is 3. The Morgan fingerprint density at radius 3 is 2.48 bits per heavy atom. The Balaban J connectivity index is 1.55. The average molecular weight is 376 g/mol. The van der Waals surface area contributed by atoms with Crippen molar-refractivity contribution < 1.29 is 23.5 Å². The Bertz CT molecular complexity index is 710. The molecule has 1 aromatic carbocycles. The molecule has 0 saturated heterocycles. The van der Waals surface area contributed by atoms with Crippen LogP contribution in [0.25, 0.3) is 0 Å². The van der Waals surface area contributed by atoms with E-state index in [9.17, 15) is 18.8 Å². The molecule has 0 aliphatic heterocycles. The van der Waals surface area contributed by atoms with Crippen LogP contribution in [0.1, 0.15) is 56.9 Å². The number of nitrogens with one attached hydrogen (secondary N) is 2. The minimum Gasteiger partial charge on any atom is -0.455 e.